The third kappa shape index (κ3) is 4.41. The number of hydrogen-bond donors (Lipinski definition) is 0. The molecule has 0 spiro atoms. The lowest BCUT2D eigenvalue weighted by atomic mass is 9.95. The summed E-state index contributed by atoms with van der Waals surface area (Å²) in [6.07, 6.45) is -0.235. The van der Waals surface area contributed by atoms with Crippen molar-refractivity contribution in [2.45, 2.75) is 12.3 Å². The van der Waals surface area contributed by atoms with E-state index in [0.717, 1.165) is 0 Å². The second-order valence-electron chi connectivity index (χ2n) is 4.18. The highest BCUT2D eigenvalue weighted by atomic mass is 16.6. The quantitative estimate of drug-likeness (QED) is 0.425. The minimum Gasteiger partial charge on any atom is -0.490 e. The summed E-state index contributed by atoms with van der Waals surface area (Å²) in [4.78, 5) is 31.7. The van der Waals surface area contributed by atoms with E-state index < -0.39 is 28.3 Å². The van der Waals surface area contributed by atoms with Gasteiger partial charge < -0.3 is 9.47 Å². The number of nitrogens with zero attached hydrogens (tertiary/aromatic N) is 2. The first-order valence-electron chi connectivity index (χ1n) is 5.90. The van der Waals surface area contributed by atoms with Gasteiger partial charge in [-0.2, -0.15) is 0 Å². The average molecular weight is 298 g/mol. The summed E-state index contributed by atoms with van der Waals surface area (Å²) in [6.45, 7) is -0.529. The van der Waals surface area contributed by atoms with Crippen LogP contribution in [0.2, 0.25) is 0 Å². The molecule has 0 saturated carbocycles. The highest BCUT2D eigenvalue weighted by Crippen LogP contribution is 2.31. The molecular weight excluding hydrogens is 284 g/mol. The predicted octanol–water partition coefficient (Wildman–Crippen LogP) is 1.53. The highest BCUT2D eigenvalue weighted by Gasteiger charge is 2.25. The van der Waals surface area contributed by atoms with E-state index in [1.54, 1.807) is 0 Å². The van der Waals surface area contributed by atoms with Gasteiger partial charge >= 0.3 is 11.7 Å². The van der Waals surface area contributed by atoms with E-state index in [1.807, 2.05) is 0 Å². The molecule has 0 amide bonds. The number of esters is 1. The fraction of sp³-hybridized carbons (Fsp3) is 0.417. The maximum atomic E-state index is 11.3. The number of carbonyl (C=O) groups excluding carboxylic acids is 1. The summed E-state index contributed by atoms with van der Waals surface area (Å²) in [7, 11) is 2.45. The summed E-state index contributed by atoms with van der Waals surface area (Å²) in [5.41, 5.74) is -0.00202. The number of methoxy groups -OCH3 is 2. The molecule has 0 unspecified atom stereocenters. The van der Waals surface area contributed by atoms with E-state index in [9.17, 15) is 25.0 Å². The molecular formula is C12H14N2O7. The average Bonchev–Trinajstić information content (AvgIpc) is 2.45. The van der Waals surface area contributed by atoms with Crippen molar-refractivity contribution >= 4 is 11.7 Å². The van der Waals surface area contributed by atoms with Crippen LogP contribution in [0.1, 0.15) is 17.9 Å². The molecule has 9 nitrogen and oxygen atoms in total. The van der Waals surface area contributed by atoms with Gasteiger partial charge in [0.2, 0.25) is 6.54 Å². The molecule has 0 saturated heterocycles. The molecule has 1 aromatic carbocycles. The Bertz CT molecular complexity index is 559. The van der Waals surface area contributed by atoms with Crippen molar-refractivity contribution in [2.75, 3.05) is 20.8 Å². The number of nitro groups is 2. The largest absolute Gasteiger partial charge is 0.490 e. The van der Waals surface area contributed by atoms with Gasteiger partial charge in [0, 0.05) is 11.0 Å². The molecule has 0 N–H and O–H groups in total. The Morgan fingerprint density at radius 3 is 2.43 bits per heavy atom. The molecule has 0 aliphatic carbocycles. The third-order valence-electron chi connectivity index (χ3n) is 2.88. The van der Waals surface area contributed by atoms with Crippen molar-refractivity contribution in [2.24, 2.45) is 0 Å². The molecule has 0 bridgehead atoms. The lowest BCUT2D eigenvalue weighted by Gasteiger charge is -2.12. The van der Waals surface area contributed by atoms with Gasteiger partial charge in [0.25, 0.3) is 0 Å². The van der Waals surface area contributed by atoms with Crippen LogP contribution in [0.3, 0.4) is 0 Å². The first-order chi connectivity index (χ1) is 9.88. The second-order valence-corrected chi connectivity index (χ2v) is 4.18. The van der Waals surface area contributed by atoms with Crippen LogP contribution in [0.25, 0.3) is 0 Å². The number of ether oxygens (including phenoxy) is 2. The zero-order valence-corrected chi connectivity index (χ0v) is 11.5. The van der Waals surface area contributed by atoms with Crippen LogP contribution >= 0.6 is 0 Å². The van der Waals surface area contributed by atoms with Gasteiger partial charge in [-0.05, 0) is 11.6 Å². The Balaban J connectivity index is 3.17. The molecule has 1 atom stereocenters. The maximum Gasteiger partial charge on any atom is 0.311 e. The molecule has 0 heterocycles. The van der Waals surface area contributed by atoms with Crippen molar-refractivity contribution in [3.63, 3.8) is 0 Å². The van der Waals surface area contributed by atoms with Gasteiger partial charge in [0.1, 0.15) is 0 Å². The smallest absolute Gasteiger partial charge is 0.311 e. The number of rotatable bonds is 7. The lowest BCUT2D eigenvalue weighted by Crippen LogP contribution is -2.17. The van der Waals surface area contributed by atoms with Crippen molar-refractivity contribution in [1.82, 2.24) is 0 Å². The van der Waals surface area contributed by atoms with Gasteiger partial charge in [0.15, 0.2) is 5.75 Å². The molecule has 1 aromatic rings. The topological polar surface area (TPSA) is 122 Å². The van der Waals surface area contributed by atoms with Crippen LogP contribution in [-0.4, -0.2) is 36.6 Å². The SMILES string of the molecule is COC(=O)C[C@H](C[N+](=O)[O-])c1ccc(OC)c([N+](=O)[O-])c1. The molecule has 21 heavy (non-hydrogen) atoms. The standard InChI is InChI=1S/C12H14N2O7/c1-20-11-4-3-8(5-10(11)14(18)19)9(7-13(16)17)6-12(15)21-2/h3-5,9H,6-7H2,1-2H3/t9-/m1/s1. The van der Waals surface area contributed by atoms with Crippen molar-refractivity contribution in [3.8, 4) is 5.75 Å². The Kier molecular flexibility index (Phi) is 5.58. The van der Waals surface area contributed by atoms with Gasteiger partial charge in [-0.15, -0.1) is 0 Å². The molecule has 0 fully saturated rings. The summed E-state index contributed by atoms with van der Waals surface area (Å²) in [6, 6.07) is 3.98. The summed E-state index contributed by atoms with van der Waals surface area (Å²) in [5, 5.41) is 21.6. The zero-order valence-electron chi connectivity index (χ0n) is 11.5. The van der Waals surface area contributed by atoms with Crippen LogP contribution in [0.5, 0.6) is 5.75 Å². The Morgan fingerprint density at radius 1 is 1.29 bits per heavy atom. The summed E-state index contributed by atoms with van der Waals surface area (Å²) >= 11 is 0. The highest BCUT2D eigenvalue weighted by molar-refractivity contribution is 5.70. The van der Waals surface area contributed by atoms with Crippen LogP contribution in [-0.2, 0) is 9.53 Å². The van der Waals surface area contributed by atoms with Crippen LogP contribution in [0, 0.1) is 20.2 Å². The molecule has 9 heteroatoms. The summed E-state index contributed by atoms with van der Waals surface area (Å²) < 4.78 is 9.34. The number of nitro benzene ring substituents is 1. The third-order valence-corrected chi connectivity index (χ3v) is 2.88. The van der Waals surface area contributed by atoms with Crippen LogP contribution in [0.4, 0.5) is 5.69 Å². The first kappa shape index (κ1) is 16.3. The number of benzene rings is 1. The van der Waals surface area contributed by atoms with Crippen molar-refractivity contribution in [1.29, 1.82) is 0 Å². The van der Waals surface area contributed by atoms with Crippen molar-refractivity contribution < 1.29 is 24.1 Å². The lowest BCUT2D eigenvalue weighted by molar-refractivity contribution is -0.483. The number of hydrogen-bond acceptors (Lipinski definition) is 7. The Hall–Kier alpha value is -2.71. The van der Waals surface area contributed by atoms with E-state index in [-0.39, 0.29) is 17.9 Å². The van der Waals surface area contributed by atoms with E-state index in [0.29, 0.717) is 5.56 Å². The van der Waals surface area contributed by atoms with E-state index in [2.05, 4.69) is 4.74 Å². The molecule has 0 aromatic heterocycles. The van der Waals surface area contributed by atoms with Crippen LogP contribution in [0.15, 0.2) is 18.2 Å². The Labute approximate surface area is 119 Å². The van der Waals surface area contributed by atoms with Crippen LogP contribution < -0.4 is 4.74 Å². The van der Waals surface area contributed by atoms with E-state index >= 15 is 0 Å². The van der Waals surface area contributed by atoms with Gasteiger partial charge in [-0.3, -0.25) is 25.0 Å². The first-order valence-corrected chi connectivity index (χ1v) is 5.90. The van der Waals surface area contributed by atoms with E-state index in [4.69, 9.17) is 4.74 Å². The monoisotopic (exact) mass is 298 g/mol. The molecule has 1 rings (SSSR count). The Morgan fingerprint density at radius 2 is 1.95 bits per heavy atom. The minimum absolute atomic E-state index is 0.0432. The van der Waals surface area contributed by atoms with Gasteiger partial charge in [-0.25, -0.2) is 0 Å². The fourth-order valence-corrected chi connectivity index (χ4v) is 1.86. The van der Waals surface area contributed by atoms with E-state index in [1.165, 1.54) is 32.4 Å². The molecule has 114 valence electrons. The van der Waals surface area contributed by atoms with Gasteiger partial charge in [0.05, 0.1) is 31.5 Å². The summed E-state index contributed by atoms with van der Waals surface area (Å²) in [5.74, 6) is -1.39. The number of carbonyl (C=O) groups is 1. The zero-order chi connectivity index (χ0) is 16.0. The molecule has 0 radical (unpaired) electrons. The normalized spacial score (nSPS) is 11.5. The second kappa shape index (κ2) is 7.17. The fourth-order valence-electron chi connectivity index (χ4n) is 1.86. The molecule has 0 aliphatic heterocycles. The van der Waals surface area contributed by atoms with Crippen molar-refractivity contribution in [3.05, 3.63) is 44.0 Å². The minimum atomic E-state index is -0.808. The molecule has 0 aliphatic rings. The predicted molar refractivity (Wildman–Crippen MR) is 70.9 cm³/mol. The maximum absolute atomic E-state index is 11.3. The van der Waals surface area contributed by atoms with Gasteiger partial charge in [-0.1, -0.05) is 6.07 Å².